The van der Waals surface area contributed by atoms with Crippen LogP contribution >= 0.6 is 10.6 Å². The van der Waals surface area contributed by atoms with Gasteiger partial charge in [-0.15, -0.1) is 5.10 Å². The Morgan fingerprint density at radius 3 is 2.62 bits per heavy atom. The van der Waals surface area contributed by atoms with Crippen LogP contribution in [-0.2, 0) is 6.54 Å². The van der Waals surface area contributed by atoms with Crippen molar-refractivity contribution in [1.29, 1.82) is 0 Å². The van der Waals surface area contributed by atoms with Gasteiger partial charge in [0.05, 0.1) is 12.3 Å². The van der Waals surface area contributed by atoms with Gasteiger partial charge in [0.25, 0.3) is 0 Å². The first-order valence-electron chi connectivity index (χ1n) is 3.98. The molecule has 1 aromatic heterocycles. The predicted octanol–water partition coefficient (Wildman–Crippen LogP) is 0.832. The van der Waals surface area contributed by atoms with E-state index in [4.69, 9.17) is 0 Å². The van der Waals surface area contributed by atoms with Crippen LogP contribution in [0.4, 0.5) is 0 Å². The Morgan fingerprint density at radius 1 is 1.46 bits per heavy atom. The fraction of sp³-hybridized carbons (Fsp3) is 0.833. The summed E-state index contributed by atoms with van der Waals surface area (Å²) in [6, 6.07) is 0. The molecule has 0 fully saturated rings. The summed E-state index contributed by atoms with van der Waals surface area (Å²) in [5.41, 5.74) is 0. The highest BCUT2D eigenvalue weighted by molar-refractivity contribution is 8.24. The fourth-order valence-corrected chi connectivity index (χ4v) is 1.67. The summed E-state index contributed by atoms with van der Waals surface area (Å²) >= 11 is 0. The Bertz CT molecular complexity index is 249. The molecule has 1 aromatic rings. The second-order valence-electron chi connectivity index (χ2n) is 3.04. The topological polar surface area (TPSA) is 84.1 Å². The molecule has 0 radical (unpaired) electrons. The molecule has 0 unspecified atom stereocenters. The average molecular weight is 206 g/mol. The van der Waals surface area contributed by atoms with E-state index in [0.29, 0.717) is 12.3 Å². The zero-order chi connectivity index (χ0) is 9.90. The van der Waals surface area contributed by atoms with Gasteiger partial charge in [0.1, 0.15) is 6.33 Å². The van der Waals surface area contributed by atoms with E-state index in [1.807, 2.05) is 0 Å². The van der Waals surface area contributed by atoms with Crippen molar-refractivity contribution in [2.75, 3.05) is 5.75 Å². The number of nitrogens with zero attached hydrogens (tertiary/aromatic N) is 4. The standard InChI is InChI=1S/C6H14N4O2S/c1-6(2)13(11,12)4-3-10-5-7-8-9-10/h5-6,11-12H,3-4H2,1-2H3. The SMILES string of the molecule is CC(C)S(O)(O)CCn1cnnn1. The van der Waals surface area contributed by atoms with Crippen LogP contribution in [0.25, 0.3) is 0 Å². The van der Waals surface area contributed by atoms with Crippen molar-refractivity contribution in [3.05, 3.63) is 6.33 Å². The molecule has 1 heterocycles. The molecule has 76 valence electrons. The lowest BCUT2D eigenvalue weighted by molar-refractivity contribution is 0.467. The first-order chi connectivity index (χ1) is 6.02. The number of aryl methyl sites for hydroxylation is 1. The summed E-state index contributed by atoms with van der Waals surface area (Å²) in [6.07, 6.45) is 1.45. The van der Waals surface area contributed by atoms with Gasteiger partial charge < -0.3 is 0 Å². The molecule has 0 aromatic carbocycles. The summed E-state index contributed by atoms with van der Waals surface area (Å²) in [6.45, 7) is 4.01. The zero-order valence-electron chi connectivity index (χ0n) is 7.66. The molecular formula is C6H14N4O2S. The maximum absolute atomic E-state index is 9.55. The molecule has 0 bridgehead atoms. The van der Waals surface area contributed by atoms with Gasteiger partial charge in [0.15, 0.2) is 0 Å². The number of aromatic nitrogens is 4. The lowest BCUT2D eigenvalue weighted by atomic mass is 10.6. The van der Waals surface area contributed by atoms with E-state index in [1.54, 1.807) is 13.8 Å². The molecule has 6 nitrogen and oxygen atoms in total. The van der Waals surface area contributed by atoms with Crippen LogP contribution in [0, 0.1) is 0 Å². The van der Waals surface area contributed by atoms with Crippen LogP contribution in [0.5, 0.6) is 0 Å². The number of tetrazole rings is 1. The Labute approximate surface area is 78.3 Å². The Kier molecular flexibility index (Phi) is 3.23. The average Bonchev–Trinajstić information content (AvgIpc) is 2.52. The van der Waals surface area contributed by atoms with Crippen LogP contribution in [0.2, 0.25) is 0 Å². The molecule has 0 saturated carbocycles. The quantitative estimate of drug-likeness (QED) is 0.762. The Balaban J connectivity index is 2.42. The number of rotatable bonds is 4. The molecular weight excluding hydrogens is 192 g/mol. The van der Waals surface area contributed by atoms with E-state index in [-0.39, 0.29) is 5.25 Å². The monoisotopic (exact) mass is 206 g/mol. The van der Waals surface area contributed by atoms with Crippen LogP contribution in [-0.4, -0.2) is 40.3 Å². The van der Waals surface area contributed by atoms with Crippen molar-refractivity contribution in [3.63, 3.8) is 0 Å². The lowest BCUT2D eigenvalue weighted by Crippen LogP contribution is -2.18. The van der Waals surface area contributed by atoms with Crippen LogP contribution < -0.4 is 0 Å². The third-order valence-electron chi connectivity index (χ3n) is 1.77. The van der Waals surface area contributed by atoms with E-state index in [0.717, 1.165) is 0 Å². The van der Waals surface area contributed by atoms with Gasteiger partial charge in [-0.05, 0) is 24.3 Å². The smallest absolute Gasteiger partial charge is 0.138 e. The molecule has 0 aliphatic carbocycles. The van der Waals surface area contributed by atoms with Gasteiger partial charge >= 0.3 is 0 Å². The molecule has 0 amide bonds. The molecule has 0 spiro atoms. The van der Waals surface area contributed by atoms with E-state index < -0.39 is 10.6 Å². The number of hydrogen-bond acceptors (Lipinski definition) is 5. The van der Waals surface area contributed by atoms with Crippen LogP contribution in [0.3, 0.4) is 0 Å². The maximum atomic E-state index is 9.55. The van der Waals surface area contributed by atoms with Gasteiger partial charge in [0.2, 0.25) is 0 Å². The van der Waals surface area contributed by atoms with Crippen LogP contribution in [0.15, 0.2) is 6.33 Å². The van der Waals surface area contributed by atoms with Crippen LogP contribution in [0.1, 0.15) is 13.8 Å². The van der Waals surface area contributed by atoms with E-state index in [1.165, 1.54) is 11.0 Å². The first-order valence-corrected chi connectivity index (χ1v) is 5.76. The van der Waals surface area contributed by atoms with Gasteiger partial charge in [-0.2, -0.15) is 10.6 Å². The van der Waals surface area contributed by atoms with Crippen molar-refractivity contribution >= 4 is 10.6 Å². The minimum absolute atomic E-state index is 0.121. The third-order valence-corrected chi connectivity index (χ3v) is 4.06. The summed E-state index contributed by atoms with van der Waals surface area (Å²) in [5.74, 6) is 0.301. The molecule has 7 heteroatoms. The van der Waals surface area contributed by atoms with Gasteiger partial charge in [-0.25, -0.2) is 4.68 Å². The Hall–Kier alpha value is -0.660. The molecule has 2 N–H and O–H groups in total. The second-order valence-corrected chi connectivity index (χ2v) is 5.83. The Morgan fingerprint density at radius 2 is 2.15 bits per heavy atom. The zero-order valence-corrected chi connectivity index (χ0v) is 8.48. The first kappa shape index (κ1) is 10.4. The molecule has 0 atom stereocenters. The second kappa shape index (κ2) is 4.03. The largest absolute Gasteiger partial charge is 0.299 e. The minimum atomic E-state index is -2.49. The highest BCUT2D eigenvalue weighted by Gasteiger charge is 2.16. The van der Waals surface area contributed by atoms with Gasteiger partial charge in [0, 0.05) is 5.25 Å². The maximum Gasteiger partial charge on any atom is 0.138 e. The van der Waals surface area contributed by atoms with Gasteiger partial charge in [-0.3, -0.25) is 9.11 Å². The summed E-state index contributed by atoms with van der Waals surface area (Å²) in [4.78, 5) is 0. The fourth-order valence-electron chi connectivity index (χ4n) is 0.746. The minimum Gasteiger partial charge on any atom is -0.299 e. The summed E-state index contributed by atoms with van der Waals surface area (Å²) in [7, 11) is -2.49. The van der Waals surface area contributed by atoms with E-state index in [9.17, 15) is 9.11 Å². The highest BCUT2D eigenvalue weighted by atomic mass is 32.3. The van der Waals surface area contributed by atoms with Crippen molar-refractivity contribution < 1.29 is 9.11 Å². The molecule has 0 saturated heterocycles. The van der Waals surface area contributed by atoms with Crippen molar-refractivity contribution in [3.8, 4) is 0 Å². The highest BCUT2D eigenvalue weighted by Crippen LogP contribution is 2.43. The van der Waals surface area contributed by atoms with Crippen molar-refractivity contribution in [2.45, 2.75) is 25.6 Å². The normalized spacial score (nSPS) is 13.6. The molecule has 0 aliphatic rings. The van der Waals surface area contributed by atoms with E-state index in [2.05, 4.69) is 15.5 Å². The molecule has 13 heavy (non-hydrogen) atoms. The van der Waals surface area contributed by atoms with Crippen molar-refractivity contribution in [1.82, 2.24) is 20.2 Å². The third kappa shape index (κ3) is 2.94. The molecule has 1 rings (SSSR count). The predicted molar refractivity (Wildman–Crippen MR) is 50.7 cm³/mol. The summed E-state index contributed by atoms with van der Waals surface area (Å²) in [5, 5.41) is 10.4. The van der Waals surface area contributed by atoms with Crippen molar-refractivity contribution in [2.24, 2.45) is 0 Å². The molecule has 0 aliphatic heterocycles. The van der Waals surface area contributed by atoms with Gasteiger partial charge in [-0.1, -0.05) is 0 Å². The van der Waals surface area contributed by atoms with E-state index >= 15 is 0 Å². The number of hydrogen-bond donors (Lipinski definition) is 2. The lowest BCUT2D eigenvalue weighted by Gasteiger charge is -2.36. The summed E-state index contributed by atoms with van der Waals surface area (Å²) < 4.78 is 20.6.